The molecule has 1 aliphatic heterocycles. The van der Waals surface area contributed by atoms with Gasteiger partial charge in [-0.1, -0.05) is 0 Å². The third-order valence-corrected chi connectivity index (χ3v) is 2.79. The molecule has 0 aromatic rings. The summed E-state index contributed by atoms with van der Waals surface area (Å²) in [5.74, 6) is -0.973. The van der Waals surface area contributed by atoms with Gasteiger partial charge in [0.25, 0.3) is 0 Å². The minimum absolute atomic E-state index is 0.00975. The van der Waals surface area contributed by atoms with Crippen LogP contribution in [0.15, 0.2) is 0 Å². The fraction of sp³-hybridized carbons (Fsp3) is 0.800. The van der Waals surface area contributed by atoms with Crippen molar-refractivity contribution < 1.29 is 14.7 Å². The molecular weight excluding hydrogens is 196 g/mol. The Kier molecular flexibility index (Phi) is 4.55. The van der Waals surface area contributed by atoms with Crippen LogP contribution in [0.2, 0.25) is 0 Å². The van der Waals surface area contributed by atoms with Crippen LogP contribution < -0.4 is 5.73 Å². The molecule has 1 fully saturated rings. The van der Waals surface area contributed by atoms with Crippen molar-refractivity contribution in [1.29, 1.82) is 0 Å². The first kappa shape index (κ1) is 12.0. The molecule has 0 aromatic carbocycles. The number of carboxylic acids is 1. The van der Waals surface area contributed by atoms with E-state index in [2.05, 4.69) is 4.90 Å². The molecule has 5 heteroatoms. The van der Waals surface area contributed by atoms with Gasteiger partial charge in [0.05, 0.1) is 5.92 Å². The first-order chi connectivity index (χ1) is 7.09. The summed E-state index contributed by atoms with van der Waals surface area (Å²) >= 11 is 0. The summed E-state index contributed by atoms with van der Waals surface area (Å²) in [5.41, 5.74) is 5.21. The molecule has 0 saturated carbocycles. The Balaban J connectivity index is 2.09. The maximum absolute atomic E-state index is 10.9. The number of hydrogen-bond acceptors (Lipinski definition) is 3. The summed E-state index contributed by atoms with van der Waals surface area (Å²) in [6.45, 7) is 2.51. The lowest BCUT2D eigenvalue weighted by molar-refractivity contribution is -0.137. The lowest BCUT2D eigenvalue weighted by Gasteiger charge is -2.14. The summed E-state index contributed by atoms with van der Waals surface area (Å²) in [6, 6.07) is 0. The van der Waals surface area contributed by atoms with E-state index in [1.54, 1.807) is 0 Å². The van der Waals surface area contributed by atoms with Crippen molar-refractivity contribution in [2.24, 2.45) is 11.7 Å². The van der Waals surface area contributed by atoms with Crippen molar-refractivity contribution in [3.05, 3.63) is 0 Å². The number of likely N-dealkylation sites (tertiary alicyclic amines) is 1. The quantitative estimate of drug-likeness (QED) is 0.612. The zero-order valence-corrected chi connectivity index (χ0v) is 8.82. The van der Waals surface area contributed by atoms with Crippen LogP contribution in [-0.4, -0.2) is 41.5 Å². The zero-order chi connectivity index (χ0) is 11.3. The molecular formula is C10H18N2O3. The third-order valence-electron chi connectivity index (χ3n) is 2.79. The largest absolute Gasteiger partial charge is 0.481 e. The van der Waals surface area contributed by atoms with Gasteiger partial charge in [0.15, 0.2) is 0 Å². The predicted octanol–water partition coefficient (Wildman–Crippen LogP) is 0.0485. The van der Waals surface area contributed by atoms with Gasteiger partial charge in [-0.3, -0.25) is 9.59 Å². The number of nitrogens with zero attached hydrogens (tertiary/aromatic N) is 1. The highest BCUT2D eigenvalue weighted by atomic mass is 16.4. The molecule has 15 heavy (non-hydrogen) atoms. The maximum Gasteiger partial charge on any atom is 0.303 e. The average molecular weight is 214 g/mol. The monoisotopic (exact) mass is 214 g/mol. The Labute approximate surface area is 89.2 Å². The molecule has 0 bridgehead atoms. The van der Waals surface area contributed by atoms with Gasteiger partial charge in [-0.2, -0.15) is 0 Å². The van der Waals surface area contributed by atoms with Crippen molar-refractivity contribution in [3.63, 3.8) is 0 Å². The Morgan fingerprint density at radius 1 is 1.40 bits per heavy atom. The van der Waals surface area contributed by atoms with E-state index >= 15 is 0 Å². The molecule has 0 aromatic heterocycles. The third kappa shape index (κ3) is 4.29. The van der Waals surface area contributed by atoms with Gasteiger partial charge in [-0.05, 0) is 32.4 Å². The summed E-state index contributed by atoms with van der Waals surface area (Å²) in [4.78, 5) is 23.3. The Morgan fingerprint density at radius 2 is 2.13 bits per heavy atom. The van der Waals surface area contributed by atoms with Crippen LogP contribution in [0.3, 0.4) is 0 Å². The smallest absolute Gasteiger partial charge is 0.303 e. The normalized spacial score (nSPS) is 21.7. The van der Waals surface area contributed by atoms with E-state index in [4.69, 9.17) is 10.8 Å². The number of carbonyl (C=O) groups is 2. The molecule has 0 radical (unpaired) electrons. The van der Waals surface area contributed by atoms with E-state index in [9.17, 15) is 9.59 Å². The van der Waals surface area contributed by atoms with Gasteiger partial charge >= 0.3 is 5.97 Å². The number of primary amides is 1. The van der Waals surface area contributed by atoms with E-state index in [-0.39, 0.29) is 18.2 Å². The van der Waals surface area contributed by atoms with Gasteiger partial charge < -0.3 is 15.7 Å². The van der Waals surface area contributed by atoms with Gasteiger partial charge in [-0.25, -0.2) is 0 Å². The minimum atomic E-state index is -0.744. The van der Waals surface area contributed by atoms with Crippen LogP contribution in [0.1, 0.15) is 25.7 Å². The van der Waals surface area contributed by atoms with E-state index in [1.165, 1.54) is 0 Å². The molecule has 0 aliphatic carbocycles. The SMILES string of the molecule is NC(=O)C1CCN(CCCCC(=O)O)C1. The number of carbonyl (C=O) groups excluding carboxylic acids is 1. The summed E-state index contributed by atoms with van der Waals surface area (Å²) in [7, 11) is 0. The minimum Gasteiger partial charge on any atom is -0.481 e. The van der Waals surface area contributed by atoms with Crippen LogP contribution >= 0.6 is 0 Å². The highest BCUT2D eigenvalue weighted by Crippen LogP contribution is 2.16. The van der Waals surface area contributed by atoms with E-state index in [1.807, 2.05) is 0 Å². The molecule has 1 heterocycles. The Bertz CT molecular complexity index is 243. The van der Waals surface area contributed by atoms with Crippen LogP contribution in [0.5, 0.6) is 0 Å². The first-order valence-corrected chi connectivity index (χ1v) is 5.33. The van der Waals surface area contributed by atoms with E-state index < -0.39 is 5.97 Å². The van der Waals surface area contributed by atoms with Gasteiger partial charge in [-0.15, -0.1) is 0 Å². The summed E-state index contributed by atoms with van der Waals surface area (Å²) < 4.78 is 0. The second-order valence-corrected chi connectivity index (χ2v) is 4.04. The molecule has 5 nitrogen and oxygen atoms in total. The topological polar surface area (TPSA) is 83.6 Å². The highest BCUT2D eigenvalue weighted by molar-refractivity contribution is 5.77. The van der Waals surface area contributed by atoms with Gasteiger partial charge in [0.1, 0.15) is 0 Å². The molecule has 1 atom stereocenters. The highest BCUT2D eigenvalue weighted by Gasteiger charge is 2.25. The predicted molar refractivity (Wildman–Crippen MR) is 55.2 cm³/mol. The van der Waals surface area contributed by atoms with E-state index in [0.717, 1.165) is 32.5 Å². The molecule has 0 spiro atoms. The maximum atomic E-state index is 10.9. The summed E-state index contributed by atoms with van der Waals surface area (Å²) in [6.07, 6.45) is 2.65. The van der Waals surface area contributed by atoms with Crippen LogP contribution in [0.4, 0.5) is 0 Å². The van der Waals surface area contributed by atoms with Crippen molar-refractivity contribution in [1.82, 2.24) is 4.90 Å². The Hall–Kier alpha value is -1.10. The second kappa shape index (κ2) is 5.70. The lowest BCUT2D eigenvalue weighted by Crippen LogP contribution is -2.28. The molecule has 1 saturated heterocycles. The number of nitrogens with two attached hydrogens (primary N) is 1. The average Bonchev–Trinajstić information content (AvgIpc) is 2.60. The fourth-order valence-corrected chi connectivity index (χ4v) is 1.88. The lowest BCUT2D eigenvalue weighted by atomic mass is 10.1. The molecule has 3 N–H and O–H groups in total. The van der Waals surface area contributed by atoms with Crippen LogP contribution in [0.25, 0.3) is 0 Å². The second-order valence-electron chi connectivity index (χ2n) is 4.04. The molecule has 1 rings (SSSR count). The standard InChI is InChI=1S/C10H18N2O3/c11-10(15)8-4-6-12(7-8)5-2-1-3-9(13)14/h8H,1-7H2,(H2,11,15)(H,13,14). The molecule has 1 unspecified atom stereocenters. The molecule has 1 amide bonds. The number of aliphatic carboxylic acids is 1. The number of hydrogen-bond donors (Lipinski definition) is 2. The molecule has 86 valence electrons. The van der Waals surface area contributed by atoms with Crippen molar-refractivity contribution >= 4 is 11.9 Å². The zero-order valence-electron chi connectivity index (χ0n) is 8.82. The fourth-order valence-electron chi connectivity index (χ4n) is 1.88. The number of carboxylic acid groups (broad SMARTS) is 1. The van der Waals surface area contributed by atoms with Crippen molar-refractivity contribution in [2.75, 3.05) is 19.6 Å². The number of rotatable bonds is 6. The van der Waals surface area contributed by atoms with Gasteiger partial charge in [0, 0.05) is 13.0 Å². The van der Waals surface area contributed by atoms with Crippen LogP contribution in [0, 0.1) is 5.92 Å². The van der Waals surface area contributed by atoms with E-state index in [0.29, 0.717) is 6.42 Å². The van der Waals surface area contributed by atoms with Crippen molar-refractivity contribution in [3.8, 4) is 0 Å². The summed E-state index contributed by atoms with van der Waals surface area (Å²) in [5, 5.41) is 8.45. The first-order valence-electron chi connectivity index (χ1n) is 5.33. The van der Waals surface area contributed by atoms with Crippen LogP contribution in [-0.2, 0) is 9.59 Å². The van der Waals surface area contributed by atoms with Crippen molar-refractivity contribution in [2.45, 2.75) is 25.7 Å². The number of unbranched alkanes of at least 4 members (excludes halogenated alkanes) is 1. The molecule has 1 aliphatic rings. The number of amides is 1. The van der Waals surface area contributed by atoms with Gasteiger partial charge in [0.2, 0.25) is 5.91 Å². The Morgan fingerprint density at radius 3 is 2.67 bits per heavy atom.